The molecule has 1 aliphatic heterocycles. The summed E-state index contributed by atoms with van der Waals surface area (Å²) in [7, 11) is 0. The van der Waals surface area contributed by atoms with Crippen LogP contribution in [0.3, 0.4) is 0 Å². The van der Waals surface area contributed by atoms with Crippen molar-refractivity contribution in [2.75, 3.05) is 5.75 Å². The van der Waals surface area contributed by atoms with E-state index in [9.17, 15) is 9.59 Å². The van der Waals surface area contributed by atoms with Crippen molar-refractivity contribution < 1.29 is 4.79 Å². The van der Waals surface area contributed by atoms with Gasteiger partial charge in [-0.3, -0.25) is 19.1 Å². The lowest BCUT2D eigenvalue weighted by Crippen LogP contribution is -2.30. The molecule has 7 heteroatoms. The Kier molecular flexibility index (Phi) is 4.01. The smallest absolute Gasteiger partial charge is 0.254 e. The highest BCUT2D eigenvalue weighted by atomic mass is 32.2. The number of carbonyl (C=O) groups is 1. The van der Waals surface area contributed by atoms with E-state index in [2.05, 4.69) is 15.3 Å². The molecule has 3 rings (SSSR count). The molecule has 1 amide bonds. The molecule has 3 heterocycles. The third kappa shape index (κ3) is 3.13. The number of amides is 1. The molecule has 2 aromatic rings. The predicted molar refractivity (Wildman–Crippen MR) is 79.0 cm³/mol. The topological polar surface area (TPSA) is 76.9 Å². The van der Waals surface area contributed by atoms with Crippen molar-refractivity contribution in [3.63, 3.8) is 0 Å². The van der Waals surface area contributed by atoms with E-state index in [1.165, 1.54) is 24.0 Å². The third-order valence-electron chi connectivity index (χ3n) is 3.23. The Hall–Kier alpha value is -2.15. The van der Waals surface area contributed by atoms with Gasteiger partial charge in [-0.25, -0.2) is 4.98 Å². The first-order chi connectivity index (χ1) is 10.2. The van der Waals surface area contributed by atoms with Crippen molar-refractivity contribution in [3.8, 4) is 0 Å². The minimum atomic E-state index is -0.130. The van der Waals surface area contributed by atoms with Crippen LogP contribution in [0.15, 0.2) is 46.6 Å². The zero-order valence-electron chi connectivity index (χ0n) is 11.2. The summed E-state index contributed by atoms with van der Waals surface area (Å²) in [6, 6.07) is 6.86. The highest BCUT2D eigenvalue weighted by Gasteiger charge is 2.26. The molecule has 0 saturated carbocycles. The molecular formula is C14H14N4O2S. The van der Waals surface area contributed by atoms with Crippen molar-refractivity contribution in [1.29, 1.82) is 0 Å². The molecule has 1 N–H and O–H groups in total. The van der Waals surface area contributed by atoms with E-state index >= 15 is 0 Å². The number of hydrogen-bond donors (Lipinski definition) is 1. The highest BCUT2D eigenvalue weighted by molar-refractivity contribution is 7.99. The van der Waals surface area contributed by atoms with Crippen molar-refractivity contribution in [2.45, 2.75) is 24.2 Å². The Morgan fingerprint density at radius 2 is 2.24 bits per heavy atom. The summed E-state index contributed by atoms with van der Waals surface area (Å²) in [5.74, 6) is 0.610. The lowest BCUT2D eigenvalue weighted by atomic mass is 10.2. The predicted octanol–water partition coefficient (Wildman–Crippen LogP) is 0.992. The second-order valence-electron chi connectivity index (χ2n) is 4.70. The number of fused-ring (bicyclic) bond motifs is 1. The van der Waals surface area contributed by atoms with Crippen LogP contribution in [0.1, 0.15) is 18.2 Å². The van der Waals surface area contributed by atoms with E-state index in [1.54, 1.807) is 10.8 Å². The van der Waals surface area contributed by atoms with Crippen LogP contribution >= 0.6 is 11.8 Å². The van der Waals surface area contributed by atoms with E-state index in [0.29, 0.717) is 17.5 Å². The second kappa shape index (κ2) is 6.09. The fraction of sp³-hybridized carbons (Fsp3) is 0.286. The molecule has 0 bridgehead atoms. The van der Waals surface area contributed by atoms with Crippen LogP contribution < -0.4 is 10.9 Å². The zero-order valence-corrected chi connectivity index (χ0v) is 12.0. The minimum absolute atomic E-state index is 0.0881. The first-order valence-corrected chi connectivity index (χ1v) is 7.59. The highest BCUT2D eigenvalue weighted by Crippen LogP contribution is 2.31. The van der Waals surface area contributed by atoms with Crippen molar-refractivity contribution in [3.05, 3.63) is 52.7 Å². The van der Waals surface area contributed by atoms with Gasteiger partial charge in [-0.2, -0.15) is 0 Å². The summed E-state index contributed by atoms with van der Waals surface area (Å²) < 4.78 is 1.60. The Morgan fingerprint density at radius 3 is 3.05 bits per heavy atom. The maximum atomic E-state index is 12.0. The van der Waals surface area contributed by atoms with Gasteiger partial charge in [-0.15, -0.1) is 0 Å². The summed E-state index contributed by atoms with van der Waals surface area (Å²) in [4.78, 5) is 32.2. The molecule has 0 radical (unpaired) electrons. The molecule has 0 aromatic carbocycles. The van der Waals surface area contributed by atoms with Gasteiger partial charge in [0.05, 0.1) is 18.3 Å². The minimum Gasteiger partial charge on any atom is -0.350 e. The molecule has 108 valence electrons. The Balaban J connectivity index is 1.61. The maximum absolute atomic E-state index is 12.0. The largest absolute Gasteiger partial charge is 0.350 e. The molecule has 2 aromatic heterocycles. The summed E-state index contributed by atoms with van der Waals surface area (Å²) in [5, 5.41) is 3.51. The van der Waals surface area contributed by atoms with Gasteiger partial charge >= 0.3 is 0 Å². The molecule has 21 heavy (non-hydrogen) atoms. The van der Waals surface area contributed by atoms with Crippen LogP contribution in [0.5, 0.6) is 0 Å². The van der Waals surface area contributed by atoms with E-state index in [4.69, 9.17) is 0 Å². The SMILES string of the molecule is O=C(C[C@H]1CSc2nccc(=O)n21)NCc1ccccn1. The van der Waals surface area contributed by atoms with E-state index in [1.807, 2.05) is 18.2 Å². The van der Waals surface area contributed by atoms with Gasteiger partial charge in [0, 0.05) is 30.6 Å². The van der Waals surface area contributed by atoms with Crippen LogP contribution in [-0.4, -0.2) is 26.2 Å². The van der Waals surface area contributed by atoms with E-state index < -0.39 is 0 Å². The number of rotatable bonds is 4. The second-order valence-corrected chi connectivity index (χ2v) is 5.69. The van der Waals surface area contributed by atoms with Crippen LogP contribution in [0.4, 0.5) is 0 Å². The zero-order chi connectivity index (χ0) is 14.7. The number of thioether (sulfide) groups is 1. The molecule has 0 fully saturated rings. The Bertz CT molecular complexity index is 702. The number of nitrogens with zero attached hydrogens (tertiary/aromatic N) is 3. The molecule has 0 aliphatic carbocycles. The van der Waals surface area contributed by atoms with Gasteiger partial charge in [0.15, 0.2) is 5.16 Å². The van der Waals surface area contributed by atoms with Gasteiger partial charge in [0.25, 0.3) is 5.56 Å². The average molecular weight is 302 g/mol. The fourth-order valence-corrected chi connectivity index (χ4v) is 3.34. The average Bonchev–Trinajstić information content (AvgIpc) is 2.91. The first-order valence-electron chi connectivity index (χ1n) is 6.61. The number of carbonyl (C=O) groups excluding carboxylic acids is 1. The molecule has 0 unspecified atom stereocenters. The standard InChI is InChI=1S/C14H14N4O2S/c19-12(17-8-10-3-1-2-5-15-10)7-11-9-21-14-16-6-4-13(20)18(11)14/h1-6,11H,7-9H2,(H,17,19)/t11-/m0/s1. The summed E-state index contributed by atoms with van der Waals surface area (Å²) >= 11 is 1.51. The van der Waals surface area contributed by atoms with Crippen molar-refractivity contribution in [2.24, 2.45) is 0 Å². The summed E-state index contributed by atoms with van der Waals surface area (Å²) in [6.07, 6.45) is 3.47. The van der Waals surface area contributed by atoms with Gasteiger partial charge in [-0.1, -0.05) is 17.8 Å². The first kappa shape index (κ1) is 13.8. The third-order valence-corrected chi connectivity index (χ3v) is 4.34. The monoisotopic (exact) mass is 302 g/mol. The van der Waals surface area contributed by atoms with Crippen LogP contribution in [-0.2, 0) is 11.3 Å². The number of hydrogen-bond acceptors (Lipinski definition) is 5. The number of nitrogens with one attached hydrogen (secondary N) is 1. The van der Waals surface area contributed by atoms with Gasteiger partial charge < -0.3 is 5.32 Å². The van der Waals surface area contributed by atoms with Crippen molar-refractivity contribution >= 4 is 17.7 Å². The molecule has 0 spiro atoms. The van der Waals surface area contributed by atoms with Crippen LogP contribution in [0, 0.1) is 0 Å². The van der Waals surface area contributed by atoms with E-state index in [0.717, 1.165) is 5.69 Å². The Labute approximate surface area is 125 Å². The van der Waals surface area contributed by atoms with Crippen LogP contribution in [0.2, 0.25) is 0 Å². The summed E-state index contributed by atoms with van der Waals surface area (Å²) in [5.41, 5.74) is 0.707. The van der Waals surface area contributed by atoms with E-state index in [-0.39, 0.29) is 23.9 Å². The molecule has 1 aliphatic rings. The lowest BCUT2D eigenvalue weighted by Gasteiger charge is -2.12. The van der Waals surface area contributed by atoms with Crippen molar-refractivity contribution in [1.82, 2.24) is 19.9 Å². The van der Waals surface area contributed by atoms with Crippen LogP contribution in [0.25, 0.3) is 0 Å². The van der Waals surface area contributed by atoms with Gasteiger partial charge in [-0.05, 0) is 12.1 Å². The maximum Gasteiger partial charge on any atom is 0.254 e. The fourth-order valence-electron chi connectivity index (χ4n) is 2.22. The number of pyridine rings is 1. The van der Waals surface area contributed by atoms with Gasteiger partial charge in [0.1, 0.15) is 0 Å². The lowest BCUT2D eigenvalue weighted by molar-refractivity contribution is -0.121. The number of aromatic nitrogens is 3. The summed E-state index contributed by atoms with van der Waals surface area (Å²) in [6.45, 7) is 0.397. The Morgan fingerprint density at radius 1 is 1.33 bits per heavy atom. The van der Waals surface area contributed by atoms with Gasteiger partial charge in [0.2, 0.25) is 5.91 Å². The molecule has 0 saturated heterocycles. The normalized spacial score (nSPS) is 16.5. The molecule has 1 atom stereocenters. The quantitative estimate of drug-likeness (QED) is 0.852. The molecular weight excluding hydrogens is 288 g/mol. The molecule has 6 nitrogen and oxygen atoms in total.